The molecule has 1 amide bonds. The van der Waals surface area contributed by atoms with Crippen LogP contribution in [0.1, 0.15) is 15.2 Å². The third-order valence-electron chi connectivity index (χ3n) is 2.63. The molecule has 1 heterocycles. The van der Waals surface area contributed by atoms with E-state index in [4.69, 9.17) is 4.74 Å². The molecule has 0 aliphatic heterocycles. The van der Waals surface area contributed by atoms with Gasteiger partial charge < -0.3 is 9.64 Å². The molecule has 0 spiro atoms. The number of hydrogen-bond donors (Lipinski definition) is 0. The number of ether oxygens (including phenoxy) is 1. The zero-order valence-electron chi connectivity index (χ0n) is 10.4. The molecular formula is C14H15NO2S. The molecule has 2 aromatic rings. The van der Waals surface area contributed by atoms with E-state index in [9.17, 15) is 4.79 Å². The average molecular weight is 261 g/mol. The highest BCUT2D eigenvalue weighted by molar-refractivity contribution is 7.12. The van der Waals surface area contributed by atoms with Gasteiger partial charge in [-0.2, -0.15) is 0 Å². The monoisotopic (exact) mass is 261 g/mol. The molecule has 0 unspecified atom stereocenters. The summed E-state index contributed by atoms with van der Waals surface area (Å²) >= 11 is 1.46. The number of rotatable bonds is 4. The fourth-order valence-corrected chi connectivity index (χ4v) is 2.42. The standard InChI is InChI=1S/C14H15NO2S/c1-15(14(16)13-7-4-8-18-13)10-11-5-3-6-12(9-11)17-2/h3-9H,10H2,1-2H3. The third kappa shape index (κ3) is 2.90. The van der Waals surface area contributed by atoms with Gasteiger partial charge in [0.15, 0.2) is 0 Å². The van der Waals surface area contributed by atoms with E-state index in [-0.39, 0.29) is 5.91 Å². The third-order valence-corrected chi connectivity index (χ3v) is 3.49. The van der Waals surface area contributed by atoms with Crippen LogP contribution in [0.25, 0.3) is 0 Å². The van der Waals surface area contributed by atoms with Gasteiger partial charge in [0.05, 0.1) is 12.0 Å². The van der Waals surface area contributed by atoms with E-state index in [1.54, 1.807) is 12.0 Å². The lowest BCUT2D eigenvalue weighted by atomic mass is 10.2. The molecule has 94 valence electrons. The van der Waals surface area contributed by atoms with Gasteiger partial charge in [-0.05, 0) is 29.1 Å². The Morgan fingerprint density at radius 3 is 2.83 bits per heavy atom. The summed E-state index contributed by atoms with van der Waals surface area (Å²) in [5.74, 6) is 0.859. The number of thiophene rings is 1. The molecule has 0 fully saturated rings. The van der Waals surface area contributed by atoms with Crippen molar-refractivity contribution in [3.63, 3.8) is 0 Å². The summed E-state index contributed by atoms with van der Waals surface area (Å²) in [6.45, 7) is 0.577. The Balaban J connectivity index is 2.06. The van der Waals surface area contributed by atoms with E-state index in [0.717, 1.165) is 16.2 Å². The molecule has 0 N–H and O–H groups in total. The predicted octanol–water partition coefficient (Wildman–Crippen LogP) is 3.03. The van der Waals surface area contributed by atoms with Crippen molar-refractivity contribution in [2.45, 2.75) is 6.54 Å². The predicted molar refractivity (Wildman–Crippen MR) is 73.1 cm³/mol. The van der Waals surface area contributed by atoms with E-state index in [1.807, 2.05) is 48.8 Å². The van der Waals surface area contributed by atoms with Crippen molar-refractivity contribution in [2.24, 2.45) is 0 Å². The molecule has 0 bridgehead atoms. The van der Waals surface area contributed by atoms with Crippen molar-refractivity contribution < 1.29 is 9.53 Å². The van der Waals surface area contributed by atoms with Gasteiger partial charge in [-0.1, -0.05) is 18.2 Å². The summed E-state index contributed by atoms with van der Waals surface area (Å²) in [6, 6.07) is 11.5. The second-order valence-electron chi connectivity index (χ2n) is 3.99. The van der Waals surface area contributed by atoms with Crippen molar-refractivity contribution >= 4 is 17.2 Å². The van der Waals surface area contributed by atoms with Crippen LogP contribution in [0.3, 0.4) is 0 Å². The molecule has 0 atom stereocenters. The van der Waals surface area contributed by atoms with Crippen LogP contribution in [0.5, 0.6) is 5.75 Å². The van der Waals surface area contributed by atoms with Crippen molar-refractivity contribution in [1.29, 1.82) is 0 Å². The van der Waals surface area contributed by atoms with Crippen LogP contribution in [-0.4, -0.2) is 25.0 Å². The summed E-state index contributed by atoms with van der Waals surface area (Å²) in [5, 5.41) is 1.91. The van der Waals surface area contributed by atoms with Gasteiger partial charge in [0.1, 0.15) is 5.75 Å². The molecule has 0 aliphatic rings. The Kier molecular flexibility index (Phi) is 3.99. The van der Waals surface area contributed by atoms with Gasteiger partial charge in [0.2, 0.25) is 0 Å². The van der Waals surface area contributed by atoms with Crippen LogP contribution in [-0.2, 0) is 6.54 Å². The summed E-state index contributed by atoms with van der Waals surface area (Å²) in [6.07, 6.45) is 0. The first-order valence-corrected chi connectivity index (χ1v) is 6.50. The number of benzene rings is 1. The maximum absolute atomic E-state index is 12.1. The summed E-state index contributed by atoms with van der Waals surface area (Å²) in [7, 11) is 3.45. The summed E-state index contributed by atoms with van der Waals surface area (Å²) < 4.78 is 5.17. The zero-order chi connectivity index (χ0) is 13.0. The fraction of sp³-hybridized carbons (Fsp3) is 0.214. The van der Waals surface area contributed by atoms with E-state index < -0.39 is 0 Å². The van der Waals surface area contributed by atoms with Gasteiger partial charge in [-0.25, -0.2) is 0 Å². The average Bonchev–Trinajstić information content (AvgIpc) is 2.92. The van der Waals surface area contributed by atoms with Crippen molar-refractivity contribution in [2.75, 3.05) is 14.2 Å². The molecule has 0 saturated heterocycles. The lowest BCUT2D eigenvalue weighted by Crippen LogP contribution is -2.25. The van der Waals surface area contributed by atoms with Crippen LogP contribution >= 0.6 is 11.3 Å². The van der Waals surface area contributed by atoms with Gasteiger partial charge in [-0.15, -0.1) is 11.3 Å². The SMILES string of the molecule is COc1cccc(CN(C)C(=O)c2cccs2)c1. The van der Waals surface area contributed by atoms with Crippen LogP contribution < -0.4 is 4.74 Å². The Hall–Kier alpha value is -1.81. The minimum atomic E-state index is 0.0489. The largest absolute Gasteiger partial charge is 0.497 e. The molecule has 0 saturated carbocycles. The molecule has 3 nitrogen and oxygen atoms in total. The van der Waals surface area contributed by atoms with Crippen molar-refractivity contribution in [1.82, 2.24) is 4.90 Å². The quantitative estimate of drug-likeness (QED) is 0.846. The number of carbonyl (C=O) groups is 1. The number of amides is 1. The fourth-order valence-electron chi connectivity index (χ4n) is 1.70. The van der Waals surface area contributed by atoms with Gasteiger partial charge in [-0.3, -0.25) is 4.79 Å². The first kappa shape index (κ1) is 12.6. The molecule has 18 heavy (non-hydrogen) atoms. The lowest BCUT2D eigenvalue weighted by Gasteiger charge is -2.16. The first-order chi connectivity index (χ1) is 8.70. The van der Waals surface area contributed by atoms with Gasteiger partial charge in [0.25, 0.3) is 5.91 Å². The molecule has 1 aromatic carbocycles. The topological polar surface area (TPSA) is 29.5 Å². The minimum absolute atomic E-state index is 0.0489. The molecule has 4 heteroatoms. The Morgan fingerprint density at radius 1 is 1.33 bits per heavy atom. The highest BCUT2D eigenvalue weighted by atomic mass is 32.1. The second kappa shape index (κ2) is 5.69. The number of carbonyl (C=O) groups excluding carboxylic acids is 1. The molecule has 2 rings (SSSR count). The van der Waals surface area contributed by atoms with Gasteiger partial charge >= 0.3 is 0 Å². The lowest BCUT2D eigenvalue weighted by molar-refractivity contribution is 0.0790. The number of nitrogens with zero attached hydrogens (tertiary/aromatic N) is 1. The minimum Gasteiger partial charge on any atom is -0.497 e. The maximum Gasteiger partial charge on any atom is 0.263 e. The first-order valence-electron chi connectivity index (χ1n) is 5.62. The Bertz CT molecular complexity index is 522. The van der Waals surface area contributed by atoms with E-state index in [0.29, 0.717) is 6.54 Å². The molecule has 0 aliphatic carbocycles. The Labute approximate surface area is 111 Å². The normalized spacial score (nSPS) is 10.1. The number of methoxy groups -OCH3 is 1. The highest BCUT2D eigenvalue weighted by Crippen LogP contribution is 2.16. The van der Waals surface area contributed by atoms with Crippen molar-refractivity contribution in [3.8, 4) is 5.75 Å². The van der Waals surface area contributed by atoms with Crippen LogP contribution in [0.2, 0.25) is 0 Å². The second-order valence-corrected chi connectivity index (χ2v) is 4.94. The van der Waals surface area contributed by atoms with Crippen LogP contribution in [0, 0.1) is 0 Å². The van der Waals surface area contributed by atoms with Gasteiger partial charge in [0, 0.05) is 13.6 Å². The smallest absolute Gasteiger partial charge is 0.263 e. The van der Waals surface area contributed by atoms with Crippen LogP contribution in [0.4, 0.5) is 0 Å². The van der Waals surface area contributed by atoms with Crippen molar-refractivity contribution in [3.05, 3.63) is 52.2 Å². The Morgan fingerprint density at radius 2 is 2.17 bits per heavy atom. The molecule has 0 radical (unpaired) electrons. The van der Waals surface area contributed by atoms with Crippen LogP contribution in [0.15, 0.2) is 41.8 Å². The highest BCUT2D eigenvalue weighted by Gasteiger charge is 2.12. The number of hydrogen-bond acceptors (Lipinski definition) is 3. The molecule has 1 aromatic heterocycles. The maximum atomic E-state index is 12.1. The van der Waals surface area contributed by atoms with E-state index >= 15 is 0 Å². The zero-order valence-corrected chi connectivity index (χ0v) is 11.2. The summed E-state index contributed by atoms with van der Waals surface area (Å²) in [5.41, 5.74) is 1.06. The molecular weight excluding hydrogens is 246 g/mol. The van der Waals surface area contributed by atoms with E-state index in [2.05, 4.69) is 0 Å². The van der Waals surface area contributed by atoms with E-state index in [1.165, 1.54) is 11.3 Å². The summed E-state index contributed by atoms with van der Waals surface area (Å²) in [4.78, 5) is 14.5.